The van der Waals surface area contributed by atoms with Crippen molar-refractivity contribution < 1.29 is 8.78 Å². The summed E-state index contributed by atoms with van der Waals surface area (Å²) in [6, 6.07) is 11.7. The van der Waals surface area contributed by atoms with E-state index in [-0.39, 0.29) is 6.04 Å². The summed E-state index contributed by atoms with van der Waals surface area (Å²) >= 11 is 0. The number of hydrogen-bond acceptors (Lipinski definition) is 1. The quantitative estimate of drug-likeness (QED) is 0.874. The fraction of sp³-hybridized carbons (Fsp3) is 0.200. The average molecular weight is 247 g/mol. The van der Waals surface area contributed by atoms with E-state index in [0.717, 1.165) is 17.2 Å². The molecule has 2 aromatic rings. The lowest BCUT2D eigenvalue weighted by Crippen LogP contribution is -2.18. The maximum atomic E-state index is 13.3. The van der Waals surface area contributed by atoms with Gasteiger partial charge in [0.15, 0.2) is 11.6 Å². The SMILES string of the molecule is CNC(c1ccc(F)c(F)c1)c1ccccc1C. The van der Waals surface area contributed by atoms with Crippen molar-refractivity contribution in [3.63, 3.8) is 0 Å². The Bertz CT molecular complexity index is 552. The van der Waals surface area contributed by atoms with Crippen LogP contribution in [0.4, 0.5) is 8.78 Å². The summed E-state index contributed by atoms with van der Waals surface area (Å²) in [4.78, 5) is 0. The number of hydrogen-bond donors (Lipinski definition) is 1. The molecule has 0 heterocycles. The minimum Gasteiger partial charge on any atom is -0.309 e. The van der Waals surface area contributed by atoms with Crippen LogP contribution in [0.2, 0.25) is 0 Å². The molecule has 0 aliphatic rings. The van der Waals surface area contributed by atoms with Crippen molar-refractivity contribution in [2.75, 3.05) is 7.05 Å². The standard InChI is InChI=1S/C15H15F2N/c1-10-5-3-4-6-12(10)15(18-2)11-7-8-13(16)14(17)9-11/h3-9,15,18H,1-2H3. The maximum absolute atomic E-state index is 13.3. The van der Waals surface area contributed by atoms with Gasteiger partial charge in [-0.1, -0.05) is 30.3 Å². The highest BCUT2D eigenvalue weighted by Gasteiger charge is 2.15. The first-order chi connectivity index (χ1) is 8.63. The number of benzene rings is 2. The molecule has 2 rings (SSSR count). The summed E-state index contributed by atoms with van der Waals surface area (Å²) in [5, 5.41) is 3.13. The third-order valence-corrected chi connectivity index (χ3v) is 3.07. The molecule has 0 aliphatic carbocycles. The molecule has 1 atom stereocenters. The zero-order valence-electron chi connectivity index (χ0n) is 10.4. The van der Waals surface area contributed by atoms with Crippen LogP contribution in [-0.2, 0) is 0 Å². The van der Waals surface area contributed by atoms with Crippen molar-refractivity contribution >= 4 is 0 Å². The Labute approximate surface area is 105 Å². The molecule has 0 radical (unpaired) electrons. The van der Waals surface area contributed by atoms with Gasteiger partial charge >= 0.3 is 0 Å². The zero-order chi connectivity index (χ0) is 13.1. The van der Waals surface area contributed by atoms with Gasteiger partial charge in [0.1, 0.15) is 0 Å². The third kappa shape index (κ3) is 2.41. The molecule has 0 aromatic heterocycles. The van der Waals surface area contributed by atoms with Crippen LogP contribution >= 0.6 is 0 Å². The minimum absolute atomic E-state index is 0.138. The van der Waals surface area contributed by atoms with Gasteiger partial charge in [-0.2, -0.15) is 0 Å². The summed E-state index contributed by atoms with van der Waals surface area (Å²) < 4.78 is 26.2. The molecule has 1 nitrogen and oxygen atoms in total. The Balaban J connectivity index is 2.45. The second-order valence-corrected chi connectivity index (χ2v) is 4.25. The first kappa shape index (κ1) is 12.7. The summed E-state index contributed by atoms with van der Waals surface area (Å²) in [5.74, 6) is -1.64. The van der Waals surface area contributed by atoms with E-state index in [1.807, 2.05) is 31.2 Å². The predicted molar refractivity (Wildman–Crippen MR) is 68.4 cm³/mol. The molecule has 0 saturated carbocycles. The molecule has 0 spiro atoms. The van der Waals surface area contributed by atoms with Gasteiger partial charge in [0.2, 0.25) is 0 Å². The predicted octanol–water partition coefficient (Wildman–Crippen LogP) is 3.58. The molecule has 0 aliphatic heterocycles. The molecule has 94 valence electrons. The Morgan fingerprint density at radius 2 is 1.72 bits per heavy atom. The van der Waals surface area contributed by atoms with E-state index in [0.29, 0.717) is 5.56 Å². The number of halogens is 2. The lowest BCUT2D eigenvalue weighted by atomic mass is 9.95. The fourth-order valence-electron chi connectivity index (χ4n) is 2.10. The summed E-state index contributed by atoms with van der Waals surface area (Å²) in [7, 11) is 1.80. The maximum Gasteiger partial charge on any atom is 0.159 e. The lowest BCUT2D eigenvalue weighted by Gasteiger charge is -2.19. The molecular weight excluding hydrogens is 232 g/mol. The Morgan fingerprint density at radius 3 is 2.33 bits per heavy atom. The van der Waals surface area contributed by atoms with Crippen LogP contribution in [0.15, 0.2) is 42.5 Å². The van der Waals surface area contributed by atoms with Gasteiger partial charge in [0.05, 0.1) is 6.04 Å². The van der Waals surface area contributed by atoms with E-state index in [9.17, 15) is 8.78 Å². The van der Waals surface area contributed by atoms with Crippen molar-refractivity contribution in [1.82, 2.24) is 5.32 Å². The van der Waals surface area contributed by atoms with Gasteiger partial charge < -0.3 is 5.32 Å². The van der Waals surface area contributed by atoms with Gasteiger partial charge in [-0.25, -0.2) is 8.78 Å². The van der Waals surface area contributed by atoms with Crippen LogP contribution in [0.3, 0.4) is 0 Å². The van der Waals surface area contributed by atoms with Gasteiger partial charge in [-0.15, -0.1) is 0 Å². The van der Waals surface area contributed by atoms with E-state index < -0.39 is 11.6 Å². The van der Waals surface area contributed by atoms with Gasteiger partial charge in [0, 0.05) is 0 Å². The summed E-state index contributed by atoms with van der Waals surface area (Å²) in [5.41, 5.74) is 2.89. The van der Waals surface area contributed by atoms with Gasteiger partial charge in [-0.05, 0) is 42.8 Å². The molecule has 0 amide bonds. The molecule has 0 bridgehead atoms. The second kappa shape index (κ2) is 5.27. The smallest absolute Gasteiger partial charge is 0.159 e. The molecular formula is C15H15F2N. The van der Waals surface area contributed by atoms with Crippen LogP contribution in [0.5, 0.6) is 0 Å². The molecule has 18 heavy (non-hydrogen) atoms. The van der Waals surface area contributed by atoms with Crippen LogP contribution in [0.1, 0.15) is 22.7 Å². The van der Waals surface area contributed by atoms with Crippen LogP contribution in [0, 0.1) is 18.6 Å². The Morgan fingerprint density at radius 1 is 1.00 bits per heavy atom. The van der Waals surface area contributed by atoms with Gasteiger partial charge in [-0.3, -0.25) is 0 Å². The van der Waals surface area contributed by atoms with E-state index in [2.05, 4.69) is 5.32 Å². The highest BCUT2D eigenvalue weighted by Crippen LogP contribution is 2.25. The molecule has 0 saturated heterocycles. The summed E-state index contributed by atoms with van der Waals surface area (Å²) in [6.07, 6.45) is 0. The normalized spacial score (nSPS) is 12.4. The first-order valence-corrected chi connectivity index (χ1v) is 5.81. The van der Waals surface area contributed by atoms with Crippen molar-refractivity contribution in [3.8, 4) is 0 Å². The van der Waals surface area contributed by atoms with Crippen molar-refractivity contribution in [2.24, 2.45) is 0 Å². The van der Waals surface area contributed by atoms with Crippen LogP contribution in [-0.4, -0.2) is 7.05 Å². The Hall–Kier alpha value is -1.74. The molecule has 1 N–H and O–H groups in total. The highest BCUT2D eigenvalue weighted by atomic mass is 19.2. The van der Waals surface area contributed by atoms with Crippen molar-refractivity contribution in [3.05, 3.63) is 70.8 Å². The first-order valence-electron chi connectivity index (χ1n) is 5.81. The van der Waals surface area contributed by atoms with Crippen LogP contribution in [0.25, 0.3) is 0 Å². The van der Waals surface area contributed by atoms with E-state index >= 15 is 0 Å². The highest BCUT2D eigenvalue weighted by molar-refractivity contribution is 5.37. The van der Waals surface area contributed by atoms with Gasteiger partial charge in [0.25, 0.3) is 0 Å². The molecule has 3 heteroatoms. The number of aryl methyl sites for hydroxylation is 1. The molecule has 1 unspecified atom stereocenters. The Kier molecular flexibility index (Phi) is 3.72. The monoisotopic (exact) mass is 247 g/mol. The van der Waals surface area contributed by atoms with Crippen molar-refractivity contribution in [1.29, 1.82) is 0 Å². The number of rotatable bonds is 3. The minimum atomic E-state index is -0.821. The topological polar surface area (TPSA) is 12.0 Å². The zero-order valence-corrected chi connectivity index (χ0v) is 10.4. The average Bonchev–Trinajstić information content (AvgIpc) is 2.37. The third-order valence-electron chi connectivity index (χ3n) is 3.07. The fourth-order valence-corrected chi connectivity index (χ4v) is 2.10. The van der Waals surface area contributed by atoms with Crippen molar-refractivity contribution in [2.45, 2.75) is 13.0 Å². The lowest BCUT2D eigenvalue weighted by molar-refractivity contribution is 0.505. The number of nitrogens with one attached hydrogen (secondary N) is 1. The van der Waals surface area contributed by atoms with E-state index in [4.69, 9.17) is 0 Å². The second-order valence-electron chi connectivity index (χ2n) is 4.25. The van der Waals surface area contributed by atoms with E-state index in [1.165, 1.54) is 6.07 Å². The molecule has 0 fully saturated rings. The molecule has 2 aromatic carbocycles. The van der Waals surface area contributed by atoms with Crippen LogP contribution < -0.4 is 5.32 Å². The largest absolute Gasteiger partial charge is 0.309 e. The van der Waals surface area contributed by atoms with E-state index in [1.54, 1.807) is 13.1 Å². The summed E-state index contributed by atoms with van der Waals surface area (Å²) in [6.45, 7) is 2.00.